The van der Waals surface area contributed by atoms with E-state index in [1.165, 1.54) is 17.0 Å². The third kappa shape index (κ3) is 7.57. The van der Waals surface area contributed by atoms with Gasteiger partial charge in [-0.25, -0.2) is 0 Å². The standard InChI is InChI=1S/C18H24F6N4/c1-25-16(27-10-14-7-9-28(11-14)12-17(19,20)21)26-8-6-13-2-4-15(5-3-13)18(22,23)24/h2-5,14H,6-12H2,1H3,(H2,25,26,27). The molecule has 2 rings (SSSR count). The van der Waals surface area contributed by atoms with Gasteiger partial charge in [0.05, 0.1) is 12.1 Å². The average molecular weight is 410 g/mol. The molecular weight excluding hydrogens is 386 g/mol. The molecular formula is C18H24F6N4. The van der Waals surface area contributed by atoms with E-state index in [4.69, 9.17) is 0 Å². The number of benzene rings is 1. The summed E-state index contributed by atoms with van der Waals surface area (Å²) < 4.78 is 74.9. The van der Waals surface area contributed by atoms with E-state index < -0.39 is 24.5 Å². The molecule has 1 saturated heterocycles. The molecule has 10 heteroatoms. The van der Waals surface area contributed by atoms with Crippen molar-refractivity contribution in [3.63, 3.8) is 0 Å². The number of aliphatic imine (C=N–C) groups is 1. The van der Waals surface area contributed by atoms with Crippen LogP contribution in [-0.2, 0) is 12.6 Å². The second kappa shape index (κ2) is 9.49. The molecule has 2 N–H and O–H groups in total. The zero-order valence-electron chi connectivity index (χ0n) is 15.5. The maximum absolute atomic E-state index is 12.5. The first-order valence-electron chi connectivity index (χ1n) is 8.96. The van der Waals surface area contributed by atoms with Gasteiger partial charge in [-0.2, -0.15) is 26.3 Å². The second-order valence-corrected chi connectivity index (χ2v) is 6.83. The highest BCUT2D eigenvalue weighted by atomic mass is 19.4. The molecule has 0 saturated carbocycles. The van der Waals surface area contributed by atoms with Crippen molar-refractivity contribution in [3.05, 3.63) is 35.4 Å². The minimum Gasteiger partial charge on any atom is -0.356 e. The Bertz CT molecular complexity index is 639. The number of likely N-dealkylation sites (tertiary alicyclic amines) is 1. The molecule has 1 aliphatic rings. The Kier molecular flexibility index (Phi) is 7.56. The van der Waals surface area contributed by atoms with Crippen molar-refractivity contribution in [2.75, 3.05) is 39.8 Å². The van der Waals surface area contributed by atoms with Crippen molar-refractivity contribution in [1.29, 1.82) is 0 Å². The van der Waals surface area contributed by atoms with E-state index in [0.29, 0.717) is 45.0 Å². The first-order chi connectivity index (χ1) is 13.1. The molecule has 1 atom stereocenters. The Morgan fingerprint density at radius 2 is 1.79 bits per heavy atom. The Labute approximate surface area is 160 Å². The Morgan fingerprint density at radius 3 is 2.36 bits per heavy atom. The van der Waals surface area contributed by atoms with E-state index in [2.05, 4.69) is 15.6 Å². The van der Waals surface area contributed by atoms with E-state index >= 15 is 0 Å². The number of halogens is 6. The molecule has 158 valence electrons. The summed E-state index contributed by atoms with van der Waals surface area (Å²) in [5, 5.41) is 6.15. The van der Waals surface area contributed by atoms with Crippen LogP contribution in [0.1, 0.15) is 17.5 Å². The van der Waals surface area contributed by atoms with Gasteiger partial charge in [0.2, 0.25) is 0 Å². The van der Waals surface area contributed by atoms with Crippen molar-refractivity contribution < 1.29 is 26.3 Å². The minimum absolute atomic E-state index is 0.107. The monoisotopic (exact) mass is 410 g/mol. The molecule has 1 unspecified atom stereocenters. The number of nitrogens with one attached hydrogen (secondary N) is 2. The number of hydrogen-bond donors (Lipinski definition) is 2. The highest BCUT2D eigenvalue weighted by Gasteiger charge is 2.34. The SMILES string of the molecule is CN=C(NCCc1ccc(C(F)(F)F)cc1)NCC1CCN(CC(F)(F)F)C1. The highest BCUT2D eigenvalue weighted by molar-refractivity contribution is 5.79. The molecule has 0 aromatic heterocycles. The number of nitrogens with zero attached hydrogens (tertiary/aromatic N) is 2. The van der Waals surface area contributed by atoms with Gasteiger partial charge < -0.3 is 10.6 Å². The van der Waals surface area contributed by atoms with Crippen LogP contribution in [0.3, 0.4) is 0 Å². The highest BCUT2D eigenvalue weighted by Crippen LogP contribution is 2.29. The van der Waals surface area contributed by atoms with E-state index in [9.17, 15) is 26.3 Å². The van der Waals surface area contributed by atoms with Crippen LogP contribution in [0.25, 0.3) is 0 Å². The smallest absolute Gasteiger partial charge is 0.356 e. The van der Waals surface area contributed by atoms with Crippen molar-refractivity contribution >= 4 is 5.96 Å². The van der Waals surface area contributed by atoms with Gasteiger partial charge in [-0.3, -0.25) is 9.89 Å². The van der Waals surface area contributed by atoms with E-state index in [-0.39, 0.29) is 5.92 Å². The van der Waals surface area contributed by atoms with Gasteiger partial charge in [0.15, 0.2) is 5.96 Å². The first kappa shape index (κ1) is 22.3. The first-order valence-corrected chi connectivity index (χ1v) is 8.96. The van der Waals surface area contributed by atoms with Crippen molar-refractivity contribution in [3.8, 4) is 0 Å². The number of alkyl halides is 6. The normalized spacial score (nSPS) is 19.1. The molecule has 1 aromatic carbocycles. The molecule has 1 fully saturated rings. The van der Waals surface area contributed by atoms with Crippen LogP contribution >= 0.6 is 0 Å². The van der Waals surface area contributed by atoms with Gasteiger partial charge in [0, 0.05) is 26.7 Å². The summed E-state index contributed by atoms with van der Waals surface area (Å²) in [6, 6.07) is 4.98. The van der Waals surface area contributed by atoms with Gasteiger partial charge in [0.25, 0.3) is 0 Å². The lowest BCUT2D eigenvalue weighted by atomic mass is 10.1. The lowest BCUT2D eigenvalue weighted by molar-refractivity contribution is -0.143. The molecule has 1 heterocycles. The van der Waals surface area contributed by atoms with E-state index in [1.807, 2.05) is 0 Å². The van der Waals surface area contributed by atoms with Crippen LogP contribution in [-0.4, -0.2) is 56.8 Å². The molecule has 0 aliphatic carbocycles. The molecule has 0 radical (unpaired) electrons. The summed E-state index contributed by atoms with van der Waals surface area (Å²) in [5.74, 6) is 0.622. The van der Waals surface area contributed by atoms with Crippen molar-refractivity contribution in [1.82, 2.24) is 15.5 Å². The predicted octanol–water partition coefficient (Wildman–Crippen LogP) is 3.30. The van der Waals surface area contributed by atoms with Gasteiger partial charge >= 0.3 is 12.4 Å². The molecule has 1 aliphatic heterocycles. The molecule has 4 nitrogen and oxygen atoms in total. The summed E-state index contributed by atoms with van der Waals surface area (Å²) in [6.07, 6.45) is -7.33. The van der Waals surface area contributed by atoms with E-state index in [1.54, 1.807) is 7.05 Å². The topological polar surface area (TPSA) is 39.7 Å². The van der Waals surface area contributed by atoms with Gasteiger partial charge in [-0.1, -0.05) is 12.1 Å². The zero-order valence-corrected chi connectivity index (χ0v) is 15.5. The molecule has 0 bridgehead atoms. The van der Waals surface area contributed by atoms with Crippen LogP contribution in [0.2, 0.25) is 0 Å². The van der Waals surface area contributed by atoms with Crippen LogP contribution in [0, 0.1) is 5.92 Å². The van der Waals surface area contributed by atoms with Gasteiger partial charge in [-0.15, -0.1) is 0 Å². The summed E-state index contributed by atoms with van der Waals surface area (Å²) in [4.78, 5) is 5.45. The van der Waals surface area contributed by atoms with Crippen LogP contribution in [0.5, 0.6) is 0 Å². The van der Waals surface area contributed by atoms with Crippen LogP contribution < -0.4 is 10.6 Å². The lowest BCUT2D eigenvalue weighted by Crippen LogP contribution is -2.41. The summed E-state index contributed by atoms with van der Waals surface area (Å²) in [7, 11) is 1.58. The number of hydrogen-bond acceptors (Lipinski definition) is 2. The summed E-state index contributed by atoms with van der Waals surface area (Å²) in [6.45, 7) is 0.898. The minimum atomic E-state index is -4.35. The Morgan fingerprint density at radius 1 is 1.11 bits per heavy atom. The Hall–Kier alpha value is -1.97. The number of guanidine groups is 1. The fourth-order valence-electron chi connectivity index (χ4n) is 3.12. The van der Waals surface area contributed by atoms with Gasteiger partial charge in [0.1, 0.15) is 0 Å². The largest absolute Gasteiger partial charge is 0.416 e. The molecule has 1 aromatic rings. The van der Waals surface area contributed by atoms with Crippen molar-refractivity contribution in [2.24, 2.45) is 10.9 Å². The average Bonchev–Trinajstić information content (AvgIpc) is 3.03. The van der Waals surface area contributed by atoms with Crippen LogP contribution in [0.4, 0.5) is 26.3 Å². The third-order valence-corrected chi connectivity index (χ3v) is 4.54. The fourth-order valence-corrected chi connectivity index (χ4v) is 3.12. The lowest BCUT2D eigenvalue weighted by Gasteiger charge is -2.18. The maximum Gasteiger partial charge on any atom is 0.416 e. The van der Waals surface area contributed by atoms with Crippen molar-refractivity contribution in [2.45, 2.75) is 25.2 Å². The molecule has 28 heavy (non-hydrogen) atoms. The van der Waals surface area contributed by atoms with E-state index in [0.717, 1.165) is 17.7 Å². The second-order valence-electron chi connectivity index (χ2n) is 6.83. The predicted molar refractivity (Wildman–Crippen MR) is 95.1 cm³/mol. The summed E-state index contributed by atoms with van der Waals surface area (Å²) in [5.41, 5.74) is 0.0763. The fraction of sp³-hybridized carbons (Fsp3) is 0.611. The quantitative estimate of drug-likeness (QED) is 0.430. The summed E-state index contributed by atoms with van der Waals surface area (Å²) >= 11 is 0. The molecule has 0 spiro atoms. The zero-order chi connectivity index (χ0) is 20.8. The number of rotatable bonds is 6. The third-order valence-electron chi connectivity index (χ3n) is 4.54. The maximum atomic E-state index is 12.5. The van der Waals surface area contributed by atoms with Crippen LogP contribution in [0.15, 0.2) is 29.3 Å². The molecule has 0 amide bonds. The Balaban J connectivity index is 1.69. The van der Waals surface area contributed by atoms with Gasteiger partial charge in [-0.05, 0) is 43.0 Å².